The minimum absolute atomic E-state index is 0.0328. The molecule has 0 radical (unpaired) electrons. The fraction of sp³-hybridized carbons (Fsp3) is 0.348. The number of nitrogens with zero attached hydrogens (tertiary/aromatic N) is 3. The van der Waals surface area contributed by atoms with Gasteiger partial charge in [-0.15, -0.1) is 13.2 Å². The lowest BCUT2D eigenvalue weighted by atomic mass is 9.92. The molecule has 2 aliphatic rings. The van der Waals surface area contributed by atoms with E-state index < -0.39 is 42.8 Å². The van der Waals surface area contributed by atoms with Crippen molar-refractivity contribution in [2.45, 2.75) is 44.4 Å². The number of alkyl halides is 5. The predicted octanol–water partition coefficient (Wildman–Crippen LogP) is 4.75. The summed E-state index contributed by atoms with van der Waals surface area (Å²) in [6, 6.07) is 5.04. The Morgan fingerprint density at radius 1 is 1.17 bits per heavy atom. The normalized spacial score (nSPS) is 19.6. The molecular weight excluding hydrogens is 475 g/mol. The second-order valence-corrected chi connectivity index (χ2v) is 8.47. The van der Waals surface area contributed by atoms with E-state index in [1.54, 1.807) is 6.07 Å². The molecule has 1 aromatic carbocycles. The molecule has 1 saturated heterocycles. The minimum atomic E-state index is -4.88. The number of benzene rings is 1. The van der Waals surface area contributed by atoms with Crippen molar-refractivity contribution >= 4 is 22.6 Å². The summed E-state index contributed by atoms with van der Waals surface area (Å²) >= 11 is 0. The molecule has 7 nitrogen and oxygen atoms in total. The molecule has 0 aliphatic carbocycles. The Morgan fingerprint density at radius 3 is 2.60 bits per heavy atom. The lowest BCUT2D eigenvalue weighted by Gasteiger charge is -2.39. The molecular formula is C23H19F5N4O3. The van der Waals surface area contributed by atoms with E-state index in [9.17, 15) is 26.7 Å². The third kappa shape index (κ3) is 4.57. The highest BCUT2D eigenvalue weighted by Gasteiger charge is 2.43. The highest BCUT2D eigenvalue weighted by atomic mass is 19.4. The first kappa shape index (κ1) is 23.2. The number of amides is 1. The molecule has 12 heteroatoms. The number of piperidine rings is 1. The van der Waals surface area contributed by atoms with Gasteiger partial charge in [0.15, 0.2) is 0 Å². The molecule has 2 N–H and O–H groups in total. The number of nitrogen functional groups attached to an aromatic ring is 1. The number of rotatable bonds is 3. The highest BCUT2D eigenvalue weighted by Crippen LogP contribution is 2.41. The van der Waals surface area contributed by atoms with Crippen LogP contribution in [0.1, 0.15) is 46.1 Å². The second kappa shape index (κ2) is 8.29. The van der Waals surface area contributed by atoms with Crippen LogP contribution in [0.2, 0.25) is 0 Å². The molecule has 0 spiro atoms. The van der Waals surface area contributed by atoms with Crippen molar-refractivity contribution in [3.63, 3.8) is 0 Å². The van der Waals surface area contributed by atoms with E-state index in [4.69, 9.17) is 10.5 Å². The minimum Gasteiger partial charge on any atom is -0.406 e. The van der Waals surface area contributed by atoms with E-state index in [2.05, 4.69) is 14.7 Å². The van der Waals surface area contributed by atoms with Gasteiger partial charge in [-0.2, -0.15) is 0 Å². The Bertz CT molecular complexity index is 1300. The molecule has 35 heavy (non-hydrogen) atoms. The first-order valence-electron chi connectivity index (χ1n) is 10.7. The van der Waals surface area contributed by atoms with Crippen LogP contribution in [0.15, 0.2) is 36.5 Å². The number of carbonyl (C=O) groups is 1. The number of anilines is 1. The Hall–Kier alpha value is -3.54. The Labute approximate surface area is 195 Å². The molecule has 1 atom stereocenters. The molecule has 1 amide bonds. The zero-order valence-corrected chi connectivity index (χ0v) is 18.1. The summed E-state index contributed by atoms with van der Waals surface area (Å²) in [5.41, 5.74) is 8.27. The van der Waals surface area contributed by atoms with Crippen LogP contribution >= 0.6 is 0 Å². The lowest BCUT2D eigenvalue weighted by Crippen LogP contribution is -2.45. The first-order valence-corrected chi connectivity index (χ1v) is 10.7. The molecule has 3 aromatic rings. The Kier molecular flexibility index (Phi) is 5.50. The number of hydrogen-bond acceptors (Lipinski definition) is 6. The molecule has 0 bridgehead atoms. The average Bonchev–Trinajstić information content (AvgIpc) is 3.29. The van der Waals surface area contributed by atoms with Gasteiger partial charge in [-0.3, -0.25) is 4.79 Å². The number of pyridine rings is 2. The van der Waals surface area contributed by atoms with Crippen molar-refractivity contribution in [3.8, 4) is 5.75 Å². The topological polar surface area (TPSA) is 90.6 Å². The van der Waals surface area contributed by atoms with E-state index in [0.717, 1.165) is 23.3 Å². The summed E-state index contributed by atoms with van der Waals surface area (Å²) < 4.78 is 75.3. The molecule has 2 aliphatic heterocycles. The van der Waals surface area contributed by atoms with Gasteiger partial charge in [0.05, 0.1) is 31.0 Å². The number of halogens is 5. The SMILES string of the molecule is Nc1nc2cnc(C(=O)N3CCC(F)(F)C[C@H]3c3ccc(OC(F)(F)F)cc3)cc2c2c1COC2. The van der Waals surface area contributed by atoms with Crippen LogP contribution in [0.4, 0.5) is 27.8 Å². The van der Waals surface area contributed by atoms with Gasteiger partial charge in [0.2, 0.25) is 0 Å². The van der Waals surface area contributed by atoms with Crippen molar-refractivity contribution in [2.24, 2.45) is 0 Å². The van der Waals surface area contributed by atoms with Crippen LogP contribution in [0.5, 0.6) is 5.75 Å². The van der Waals surface area contributed by atoms with Crippen molar-refractivity contribution in [2.75, 3.05) is 12.3 Å². The van der Waals surface area contributed by atoms with Gasteiger partial charge in [-0.1, -0.05) is 12.1 Å². The number of fused-ring (bicyclic) bond motifs is 3. The maximum absolute atomic E-state index is 14.3. The molecule has 1 fully saturated rings. The summed E-state index contributed by atoms with van der Waals surface area (Å²) in [6.07, 6.45) is -4.70. The number of hydrogen-bond donors (Lipinski definition) is 1. The predicted molar refractivity (Wildman–Crippen MR) is 114 cm³/mol. The van der Waals surface area contributed by atoms with Crippen molar-refractivity contribution in [3.05, 3.63) is 58.9 Å². The van der Waals surface area contributed by atoms with Crippen LogP contribution in [-0.2, 0) is 18.0 Å². The summed E-state index contributed by atoms with van der Waals surface area (Å²) in [5.74, 6) is -3.78. The Morgan fingerprint density at radius 2 is 1.89 bits per heavy atom. The van der Waals surface area contributed by atoms with Gasteiger partial charge in [0.25, 0.3) is 11.8 Å². The summed E-state index contributed by atoms with van der Waals surface area (Å²) in [5, 5.41) is 0.637. The first-order chi connectivity index (χ1) is 16.5. The van der Waals surface area contributed by atoms with Crippen molar-refractivity contribution in [1.29, 1.82) is 0 Å². The smallest absolute Gasteiger partial charge is 0.406 e. The monoisotopic (exact) mass is 494 g/mol. The molecule has 5 rings (SSSR count). The van der Waals surface area contributed by atoms with Crippen LogP contribution in [-0.4, -0.2) is 39.6 Å². The van der Waals surface area contributed by atoms with Gasteiger partial charge < -0.3 is 20.1 Å². The molecule has 0 unspecified atom stereocenters. The van der Waals surface area contributed by atoms with E-state index in [1.165, 1.54) is 23.2 Å². The molecule has 4 heterocycles. The zero-order chi connectivity index (χ0) is 25.0. The van der Waals surface area contributed by atoms with E-state index in [-0.39, 0.29) is 17.8 Å². The fourth-order valence-corrected chi connectivity index (χ4v) is 4.51. The van der Waals surface area contributed by atoms with Gasteiger partial charge in [0, 0.05) is 30.3 Å². The number of nitrogens with two attached hydrogens (primary N) is 1. The quantitative estimate of drug-likeness (QED) is 0.529. The maximum atomic E-state index is 14.3. The van der Waals surface area contributed by atoms with E-state index in [1.807, 2.05) is 0 Å². The largest absolute Gasteiger partial charge is 0.573 e. The number of carbonyl (C=O) groups excluding carboxylic acids is 1. The van der Waals surface area contributed by atoms with Gasteiger partial charge in [-0.05, 0) is 29.3 Å². The van der Waals surface area contributed by atoms with Gasteiger partial charge >= 0.3 is 6.36 Å². The number of likely N-dealkylation sites (tertiary alicyclic amines) is 1. The van der Waals surface area contributed by atoms with Crippen LogP contribution < -0.4 is 10.5 Å². The maximum Gasteiger partial charge on any atom is 0.573 e. The number of ether oxygens (including phenoxy) is 2. The summed E-state index contributed by atoms with van der Waals surface area (Å²) in [4.78, 5) is 23.2. The number of aromatic nitrogens is 2. The molecule has 184 valence electrons. The van der Waals surface area contributed by atoms with Crippen LogP contribution in [0, 0.1) is 0 Å². The average molecular weight is 494 g/mol. The fourth-order valence-electron chi connectivity index (χ4n) is 4.51. The van der Waals surface area contributed by atoms with Crippen molar-refractivity contribution < 1.29 is 36.2 Å². The van der Waals surface area contributed by atoms with Crippen LogP contribution in [0.25, 0.3) is 10.9 Å². The van der Waals surface area contributed by atoms with Gasteiger partial charge in [0.1, 0.15) is 17.3 Å². The van der Waals surface area contributed by atoms with Gasteiger partial charge in [-0.25, -0.2) is 18.7 Å². The highest BCUT2D eigenvalue weighted by molar-refractivity contribution is 5.97. The van der Waals surface area contributed by atoms with Crippen molar-refractivity contribution in [1.82, 2.24) is 14.9 Å². The lowest BCUT2D eigenvalue weighted by molar-refractivity contribution is -0.274. The summed E-state index contributed by atoms with van der Waals surface area (Å²) in [6.45, 7) is 0.340. The molecule has 2 aromatic heterocycles. The zero-order valence-electron chi connectivity index (χ0n) is 18.1. The Balaban J connectivity index is 1.48. The summed E-state index contributed by atoms with van der Waals surface area (Å²) in [7, 11) is 0. The van der Waals surface area contributed by atoms with Crippen LogP contribution in [0.3, 0.4) is 0 Å². The van der Waals surface area contributed by atoms with E-state index >= 15 is 0 Å². The van der Waals surface area contributed by atoms with E-state index in [0.29, 0.717) is 29.9 Å². The molecule has 0 saturated carbocycles. The standard InChI is InChI=1S/C23H19F5N4O3/c24-22(25)5-6-32(19(8-22)12-1-3-13(4-2-12)35-23(26,27)28)21(33)17-7-14-15-10-34-11-16(15)20(29)31-18(14)9-30-17/h1-4,7,9,19H,5-6,8,10-11H2,(H2,29,31)/t19-/m0/s1. The third-order valence-corrected chi connectivity index (χ3v) is 6.18. The second-order valence-electron chi connectivity index (χ2n) is 8.47. The third-order valence-electron chi connectivity index (χ3n) is 6.18.